The molecule has 3 aromatic rings. The number of hydrogen-bond donors (Lipinski definition) is 2. The number of aromatic carboxylic acids is 1. The first-order chi connectivity index (χ1) is 16.4. The van der Waals surface area contributed by atoms with E-state index in [1.807, 2.05) is 13.0 Å². The van der Waals surface area contributed by atoms with Gasteiger partial charge in [-0.1, -0.05) is 29.8 Å². The third kappa shape index (κ3) is 6.61. The maximum Gasteiger partial charge on any atom is 0.335 e. The van der Waals surface area contributed by atoms with E-state index in [1.54, 1.807) is 54.6 Å². The lowest BCUT2D eigenvalue weighted by Crippen LogP contribution is -2.13. The lowest BCUT2D eigenvalue weighted by molar-refractivity contribution is -0.112. The molecule has 34 heavy (non-hydrogen) atoms. The summed E-state index contributed by atoms with van der Waals surface area (Å²) in [5.41, 5.74) is 2.02. The number of carbonyl (C=O) groups is 2. The summed E-state index contributed by atoms with van der Waals surface area (Å²) in [6.07, 6.45) is 1.46. The van der Waals surface area contributed by atoms with Gasteiger partial charge >= 0.3 is 5.97 Å². The SMILES string of the molecule is CCOc1cc(/C=C(\C#N)C(=O)Nc2ccc(Cl)cc2)ccc1OCc1ccc(C(=O)O)cc1. The van der Waals surface area contributed by atoms with E-state index in [-0.39, 0.29) is 17.7 Å². The number of ether oxygens (including phenoxy) is 2. The topological polar surface area (TPSA) is 109 Å². The third-order valence-electron chi connectivity index (χ3n) is 4.64. The van der Waals surface area contributed by atoms with Gasteiger partial charge in [0.25, 0.3) is 5.91 Å². The lowest BCUT2D eigenvalue weighted by atomic mass is 10.1. The van der Waals surface area contributed by atoms with Crippen LogP contribution in [0.5, 0.6) is 11.5 Å². The first kappa shape index (κ1) is 24.4. The van der Waals surface area contributed by atoms with Crippen molar-refractivity contribution in [1.82, 2.24) is 0 Å². The number of carboxylic acid groups (broad SMARTS) is 1. The molecular formula is C26H21ClN2O5. The van der Waals surface area contributed by atoms with Gasteiger partial charge in [-0.2, -0.15) is 5.26 Å². The van der Waals surface area contributed by atoms with Gasteiger partial charge in [0.15, 0.2) is 11.5 Å². The summed E-state index contributed by atoms with van der Waals surface area (Å²) in [7, 11) is 0. The van der Waals surface area contributed by atoms with E-state index >= 15 is 0 Å². The number of nitrogens with zero attached hydrogens (tertiary/aromatic N) is 1. The normalized spacial score (nSPS) is 10.8. The van der Waals surface area contributed by atoms with Gasteiger partial charge in [-0.15, -0.1) is 0 Å². The Labute approximate surface area is 201 Å². The van der Waals surface area contributed by atoms with E-state index < -0.39 is 11.9 Å². The third-order valence-corrected chi connectivity index (χ3v) is 4.89. The number of benzene rings is 3. The fourth-order valence-electron chi connectivity index (χ4n) is 2.95. The van der Waals surface area contributed by atoms with Crippen LogP contribution in [-0.2, 0) is 11.4 Å². The maximum atomic E-state index is 12.5. The van der Waals surface area contributed by atoms with Crippen LogP contribution in [0, 0.1) is 11.3 Å². The van der Waals surface area contributed by atoms with Crippen molar-refractivity contribution in [3.8, 4) is 17.6 Å². The highest BCUT2D eigenvalue weighted by molar-refractivity contribution is 6.30. The summed E-state index contributed by atoms with van der Waals surface area (Å²) in [5.74, 6) is -0.611. The second-order valence-electron chi connectivity index (χ2n) is 7.06. The van der Waals surface area contributed by atoms with Crippen molar-refractivity contribution in [3.05, 3.63) is 94.0 Å². The number of nitrogens with one attached hydrogen (secondary N) is 1. The van der Waals surface area contributed by atoms with Gasteiger partial charge in [0.2, 0.25) is 0 Å². The van der Waals surface area contributed by atoms with Gasteiger partial charge in [-0.25, -0.2) is 4.79 Å². The Balaban J connectivity index is 1.75. The average molecular weight is 477 g/mol. The zero-order valence-electron chi connectivity index (χ0n) is 18.2. The van der Waals surface area contributed by atoms with Crippen LogP contribution in [0.25, 0.3) is 6.08 Å². The highest BCUT2D eigenvalue weighted by Gasteiger charge is 2.12. The van der Waals surface area contributed by atoms with Gasteiger partial charge in [-0.3, -0.25) is 4.79 Å². The van der Waals surface area contributed by atoms with Gasteiger partial charge in [-0.05, 0) is 72.7 Å². The fourth-order valence-corrected chi connectivity index (χ4v) is 3.08. The van der Waals surface area contributed by atoms with Crippen LogP contribution < -0.4 is 14.8 Å². The van der Waals surface area contributed by atoms with Gasteiger partial charge < -0.3 is 19.9 Å². The van der Waals surface area contributed by atoms with E-state index in [1.165, 1.54) is 18.2 Å². The Kier molecular flexibility index (Phi) is 8.27. The molecule has 172 valence electrons. The summed E-state index contributed by atoms with van der Waals surface area (Å²) in [6.45, 7) is 2.43. The standard InChI is InChI=1S/C26H21ClN2O5/c1-2-33-24-14-18(13-20(15-28)25(30)29-22-10-8-21(27)9-11-22)5-12-23(24)34-16-17-3-6-19(7-4-17)26(31)32/h3-14H,2,16H2,1H3,(H,29,30)(H,31,32)/b20-13+. The largest absolute Gasteiger partial charge is 0.490 e. The number of hydrogen-bond acceptors (Lipinski definition) is 5. The van der Waals surface area contributed by atoms with E-state index in [0.717, 1.165) is 5.56 Å². The zero-order chi connectivity index (χ0) is 24.5. The van der Waals surface area contributed by atoms with Crippen LogP contribution >= 0.6 is 11.6 Å². The van der Waals surface area contributed by atoms with Crippen LogP contribution in [0.1, 0.15) is 28.4 Å². The summed E-state index contributed by atoms with van der Waals surface area (Å²) >= 11 is 5.85. The molecule has 0 saturated heterocycles. The van der Waals surface area contributed by atoms with Gasteiger partial charge in [0.1, 0.15) is 18.2 Å². The maximum absolute atomic E-state index is 12.5. The zero-order valence-corrected chi connectivity index (χ0v) is 19.0. The van der Waals surface area contributed by atoms with Crippen molar-refractivity contribution in [2.45, 2.75) is 13.5 Å². The molecule has 0 heterocycles. The Morgan fingerprint density at radius 2 is 1.74 bits per heavy atom. The molecule has 7 nitrogen and oxygen atoms in total. The Hall–Kier alpha value is -4.28. The molecule has 3 rings (SSSR count). The van der Waals surface area contributed by atoms with Crippen LogP contribution in [-0.4, -0.2) is 23.6 Å². The predicted molar refractivity (Wildman–Crippen MR) is 129 cm³/mol. The van der Waals surface area contributed by atoms with Crippen LogP contribution in [0.2, 0.25) is 5.02 Å². The first-order valence-corrected chi connectivity index (χ1v) is 10.7. The molecule has 3 aromatic carbocycles. The summed E-state index contributed by atoms with van der Waals surface area (Å²) < 4.78 is 11.5. The van der Waals surface area contributed by atoms with E-state index in [2.05, 4.69) is 5.32 Å². The van der Waals surface area contributed by atoms with Crippen LogP contribution in [0.3, 0.4) is 0 Å². The number of amides is 1. The van der Waals surface area contributed by atoms with Crippen molar-refractivity contribution in [3.63, 3.8) is 0 Å². The highest BCUT2D eigenvalue weighted by atomic mass is 35.5. The minimum Gasteiger partial charge on any atom is -0.490 e. The molecule has 8 heteroatoms. The number of nitriles is 1. The second-order valence-corrected chi connectivity index (χ2v) is 7.50. The van der Waals surface area contributed by atoms with E-state index in [0.29, 0.717) is 34.4 Å². The van der Waals surface area contributed by atoms with Crippen molar-refractivity contribution in [2.75, 3.05) is 11.9 Å². The van der Waals surface area contributed by atoms with Gasteiger partial charge in [0, 0.05) is 10.7 Å². The molecule has 0 saturated carbocycles. The summed E-state index contributed by atoms with van der Waals surface area (Å²) in [6, 6.07) is 19.9. The molecule has 0 aromatic heterocycles. The molecule has 0 unspecified atom stereocenters. The fraction of sp³-hybridized carbons (Fsp3) is 0.115. The van der Waals surface area contributed by atoms with Gasteiger partial charge in [0.05, 0.1) is 12.2 Å². The molecule has 0 spiro atoms. The summed E-state index contributed by atoms with van der Waals surface area (Å²) in [4.78, 5) is 23.5. The van der Waals surface area contributed by atoms with Crippen molar-refractivity contribution >= 4 is 35.2 Å². The monoisotopic (exact) mass is 476 g/mol. The Morgan fingerprint density at radius 1 is 1.03 bits per heavy atom. The Morgan fingerprint density at radius 3 is 2.35 bits per heavy atom. The number of halogens is 1. The Bertz CT molecular complexity index is 1250. The van der Waals surface area contributed by atoms with E-state index in [4.69, 9.17) is 26.2 Å². The second kappa shape index (κ2) is 11.5. The van der Waals surface area contributed by atoms with Crippen molar-refractivity contribution < 1.29 is 24.2 Å². The van der Waals surface area contributed by atoms with Crippen molar-refractivity contribution in [1.29, 1.82) is 5.26 Å². The quantitative estimate of drug-likeness (QED) is 0.309. The summed E-state index contributed by atoms with van der Waals surface area (Å²) in [5, 5.41) is 21.7. The van der Waals surface area contributed by atoms with Crippen LogP contribution in [0.4, 0.5) is 5.69 Å². The molecule has 0 atom stereocenters. The molecule has 0 aliphatic heterocycles. The van der Waals surface area contributed by atoms with Crippen LogP contribution in [0.15, 0.2) is 72.3 Å². The number of carboxylic acids is 1. The average Bonchev–Trinajstić information content (AvgIpc) is 2.83. The smallest absolute Gasteiger partial charge is 0.335 e. The minimum absolute atomic E-state index is 0.0791. The molecule has 2 N–H and O–H groups in total. The molecule has 0 aliphatic rings. The molecule has 1 amide bonds. The molecular weight excluding hydrogens is 456 g/mol. The van der Waals surface area contributed by atoms with E-state index in [9.17, 15) is 14.9 Å². The molecule has 0 radical (unpaired) electrons. The highest BCUT2D eigenvalue weighted by Crippen LogP contribution is 2.30. The lowest BCUT2D eigenvalue weighted by Gasteiger charge is -2.13. The first-order valence-electron chi connectivity index (χ1n) is 10.3. The molecule has 0 aliphatic carbocycles. The minimum atomic E-state index is -0.992. The molecule has 0 fully saturated rings. The number of anilines is 1. The predicted octanol–water partition coefficient (Wildman–Crippen LogP) is 5.56. The number of rotatable bonds is 9. The number of carbonyl (C=O) groups excluding carboxylic acids is 1. The molecule has 0 bridgehead atoms. The van der Waals surface area contributed by atoms with Crippen molar-refractivity contribution in [2.24, 2.45) is 0 Å².